The Morgan fingerprint density at radius 1 is 0.814 bits per heavy atom. The molecule has 13 heteroatoms. The molecule has 0 amide bonds. The fraction of sp³-hybridized carbons (Fsp3) is 0.200. The van der Waals surface area contributed by atoms with Crippen LogP contribution in [0, 0.1) is 10.1 Å². The van der Waals surface area contributed by atoms with Gasteiger partial charge in [0, 0.05) is 59.2 Å². The maximum absolute atomic E-state index is 11.7. The number of ether oxygens (including phenoxy) is 3. The Bertz CT molecular complexity index is 1830. The molecule has 3 heterocycles. The van der Waals surface area contributed by atoms with Gasteiger partial charge < -0.3 is 50.0 Å². The molecule has 0 aliphatic carbocycles. The van der Waals surface area contributed by atoms with E-state index in [4.69, 9.17) is 14.2 Å². The number of benzene rings is 4. The summed E-state index contributed by atoms with van der Waals surface area (Å²) in [6.45, 7) is 0. The normalized spacial score (nSPS) is 23.0. The number of non-ortho nitro benzene ring substituents is 1. The van der Waals surface area contributed by atoms with Crippen LogP contribution in [0.25, 0.3) is 0 Å². The Kier molecular flexibility index (Phi) is 5.49. The van der Waals surface area contributed by atoms with E-state index in [9.17, 15) is 45.9 Å². The number of aliphatic hydroxyl groups excluding tert-OH is 1. The van der Waals surface area contributed by atoms with Gasteiger partial charge in [-0.1, -0.05) is 6.07 Å². The van der Waals surface area contributed by atoms with Gasteiger partial charge in [-0.25, -0.2) is 0 Å². The van der Waals surface area contributed by atoms with E-state index in [1.807, 2.05) is 0 Å². The van der Waals surface area contributed by atoms with E-state index in [0.717, 1.165) is 12.1 Å². The zero-order valence-corrected chi connectivity index (χ0v) is 22.0. The number of aliphatic hydroxyl groups is 1. The first-order valence-electron chi connectivity index (χ1n) is 13.1. The van der Waals surface area contributed by atoms with Gasteiger partial charge in [0.05, 0.1) is 11.0 Å². The van der Waals surface area contributed by atoms with Crippen molar-refractivity contribution in [1.29, 1.82) is 0 Å². The molecule has 0 saturated heterocycles. The largest absolute Gasteiger partial charge is 0.507 e. The Hall–Kier alpha value is -5.56. The summed E-state index contributed by atoms with van der Waals surface area (Å²) in [5.41, 5.74) is 1.33. The predicted molar refractivity (Wildman–Crippen MR) is 145 cm³/mol. The average Bonchev–Trinajstić information content (AvgIpc) is 2.96. The van der Waals surface area contributed by atoms with Crippen molar-refractivity contribution in [2.75, 3.05) is 0 Å². The number of aromatic hydroxyl groups is 6. The molecule has 2 bridgehead atoms. The smallest absolute Gasteiger partial charge is 0.279 e. The molecule has 0 fully saturated rings. The second kappa shape index (κ2) is 8.97. The highest BCUT2D eigenvalue weighted by molar-refractivity contribution is 5.66. The number of hydrogen-bond acceptors (Lipinski definition) is 12. The summed E-state index contributed by atoms with van der Waals surface area (Å²) in [5, 5.41) is 84.1. The van der Waals surface area contributed by atoms with Crippen molar-refractivity contribution in [3.05, 3.63) is 92.5 Å². The van der Waals surface area contributed by atoms with Crippen LogP contribution in [0.15, 0.2) is 54.6 Å². The van der Waals surface area contributed by atoms with Gasteiger partial charge in [-0.2, -0.15) is 0 Å². The van der Waals surface area contributed by atoms with Crippen molar-refractivity contribution in [3.8, 4) is 51.7 Å². The van der Waals surface area contributed by atoms with E-state index in [1.165, 1.54) is 42.5 Å². The van der Waals surface area contributed by atoms with E-state index >= 15 is 0 Å². The summed E-state index contributed by atoms with van der Waals surface area (Å²) in [7, 11) is 0. The summed E-state index contributed by atoms with van der Waals surface area (Å²) < 4.78 is 19.0. The molecule has 0 radical (unpaired) electrons. The van der Waals surface area contributed by atoms with Crippen molar-refractivity contribution >= 4 is 5.69 Å². The minimum absolute atomic E-state index is 0.0361. The van der Waals surface area contributed by atoms with Gasteiger partial charge in [0.15, 0.2) is 28.7 Å². The summed E-state index contributed by atoms with van der Waals surface area (Å²) in [6, 6.07) is 11.6. The average molecular weight is 590 g/mol. The maximum Gasteiger partial charge on any atom is 0.279 e. The van der Waals surface area contributed by atoms with E-state index < -0.39 is 51.8 Å². The van der Waals surface area contributed by atoms with Crippen LogP contribution in [0.5, 0.6) is 51.7 Å². The molecule has 2 unspecified atom stereocenters. The summed E-state index contributed by atoms with van der Waals surface area (Å²) >= 11 is 0. The van der Waals surface area contributed by atoms with Crippen molar-refractivity contribution in [2.45, 2.75) is 36.8 Å². The minimum Gasteiger partial charge on any atom is -0.507 e. The number of phenols is 6. The van der Waals surface area contributed by atoms with Crippen LogP contribution in [-0.4, -0.2) is 46.8 Å². The molecule has 3 aliphatic rings. The first-order chi connectivity index (χ1) is 20.5. The monoisotopic (exact) mass is 589 g/mol. The topological polar surface area (TPSA) is 212 Å². The fourth-order valence-electron chi connectivity index (χ4n) is 6.13. The molecule has 43 heavy (non-hydrogen) atoms. The van der Waals surface area contributed by atoms with Crippen LogP contribution in [-0.2, 0) is 12.2 Å². The lowest BCUT2D eigenvalue weighted by molar-refractivity contribution is -0.385. The SMILES string of the molecule is O=[N+]([O-])c1ccc2c(c1)C1CC(c3cc(O)c(O)c(O)c3)(O2)Oc2cc(O)c3c(c21)O[C@H](c1ccc(O)c(O)c1)[C@@H](O)C3. The van der Waals surface area contributed by atoms with Crippen LogP contribution in [0.3, 0.4) is 0 Å². The van der Waals surface area contributed by atoms with Gasteiger partial charge in [0.1, 0.15) is 29.1 Å². The predicted octanol–water partition coefficient (Wildman–Crippen LogP) is 4.03. The third-order valence-corrected chi connectivity index (χ3v) is 8.16. The lowest BCUT2D eigenvalue weighted by Gasteiger charge is -2.47. The number of hydrogen-bond donors (Lipinski definition) is 7. The second-order valence-electron chi connectivity index (χ2n) is 10.7. The summed E-state index contributed by atoms with van der Waals surface area (Å²) in [5.74, 6) is -5.08. The van der Waals surface area contributed by atoms with Crippen LogP contribution < -0.4 is 14.2 Å². The lowest BCUT2D eigenvalue weighted by Crippen LogP contribution is -2.47. The van der Waals surface area contributed by atoms with E-state index in [1.54, 1.807) is 0 Å². The number of phenolic OH excluding ortho intramolecular Hbond substituents is 6. The molecule has 4 aromatic carbocycles. The summed E-state index contributed by atoms with van der Waals surface area (Å²) in [4.78, 5) is 11.1. The minimum atomic E-state index is -1.72. The lowest BCUT2D eigenvalue weighted by atomic mass is 9.76. The van der Waals surface area contributed by atoms with E-state index in [0.29, 0.717) is 16.7 Å². The molecule has 7 rings (SSSR count). The molecule has 7 N–H and O–H groups in total. The number of nitro groups is 1. The molecule has 0 aromatic heterocycles. The third-order valence-electron chi connectivity index (χ3n) is 8.16. The molecule has 0 saturated carbocycles. The van der Waals surface area contributed by atoms with Gasteiger partial charge in [0.25, 0.3) is 11.5 Å². The van der Waals surface area contributed by atoms with E-state index in [2.05, 4.69) is 0 Å². The van der Waals surface area contributed by atoms with Gasteiger partial charge >= 0.3 is 0 Å². The van der Waals surface area contributed by atoms with Gasteiger partial charge in [-0.15, -0.1) is 0 Å². The van der Waals surface area contributed by atoms with Crippen molar-refractivity contribution < 1.29 is 54.9 Å². The first-order valence-corrected chi connectivity index (χ1v) is 13.1. The molecule has 0 spiro atoms. The highest BCUT2D eigenvalue weighted by atomic mass is 16.7. The summed E-state index contributed by atoms with van der Waals surface area (Å²) in [6.07, 6.45) is -2.29. The molecule has 4 aromatic rings. The Morgan fingerprint density at radius 3 is 2.23 bits per heavy atom. The highest BCUT2D eigenvalue weighted by Gasteiger charge is 2.53. The van der Waals surface area contributed by atoms with Gasteiger partial charge in [0.2, 0.25) is 0 Å². The molecular formula is C30H23NO12. The van der Waals surface area contributed by atoms with Gasteiger partial charge in [-0.05, 0) is 35.9 Å². The van der Waals surface area contributed by atoms with Crippen LogP contribution in [0.4, 0.5) is 5.69 Å². The number of nitro benzene ring substituents is 1. The highest BCUT2D eigenvalue weighted by Crippen LogP contribution is 2.61. The molecule has 3 aliphatic heterocycles. The van der Waals surface area contributed by atoms with E-state index in [-0.39, 0.29) is 58.4 Å². The zero-order valence-electron chi connectivity index (χ0n) is 22.0. The quantitative estimate of drug-likeness (QED) is 0.103. The Morgan fingerprint density at radius 2 is 1.53 bits per heavy atom. The van der Waals surface area contributed by atoms with Crippen LogP contribution in [0.1, 0.15) is 46.3 Å². The molecule has 4 atom stereocenters. The van der Waals surface area contributed by atoms with Crippen LogP contribution in [0.2, 0.25) is 0 Å². The third kappa shape index (κ3) is 3.89. The fourth-order valence-corrected chi connectivity index (χ4v) is 6.13. The zero-order chi connectivity index (χ0) is 30.4. The Balaban J connectivity index is 1.44. The molecular weight excluding hydrogens is 566 g/mol. The van der Waals surface area contributed by atoms with Gasteiger partial charge in [-0.3, -0.25) is 10.1 Å². The maximum atomic E-state index is 11.7. The van der Waals surface area contributed by atoms with Crippen molar-refractivity contribution in [1.82, 2.24) is 0 Å². The second-order valence-corrected chi connectivity index (χ2v) is 10.7. The number of nitrogens with zero attached hydrogens (tertiary/aromatic N) is 1. The number of rotatable bonds is 3. The standard InChI is InChI=1S/C30H23NO12/c32-18-3-1-12(5-20(18)34)28-23(37)9-16-19(33)10-25-26(29(16)41-28)17-11-30(43-25,13-6-21(35)27(38)22(36)7-13)42-24-4-2-14(31(39)40)8-15(17)24/h1-8,10,17,23,28,32-38H,9,11H2/t17?,23-,28+,30?/m0/s1. The van der Waals surface area contributed by atoms with Crippen LogP contribution >= 0.6 is 0 Å². The number of fused-ring (bicyclic) bond motifs is 8. The Labute approximate surface area is 241 Å². The first kappa shape index (κ1) is 26.3. The van der Waals surface area contributed by atoms with Crippen molar-refractivity contribution in [2.24, 2.45) is 0 Å². The molecule has 13 nitrogen and oxygen atoms in total. The molecule has 220 valence electrons. The van der Waals surface area contributed by atoms with Crippen molar-refractivity contribution in [3.63, 3.8) is 0 Å².